The number of hydrogen-bond acceptors (Lipinski definition) is 3. The number of aryl methyl sites for hydroxylation is 2. The minimum atomic E-state index is -4.37. The topological polar surface area (TPSA) is 41.5 Å². The molecule has 0 aliphatic carbocycles. The van der Waals surface area contributed by atoms with Gasteiger partial charge in [-0.15, -0.1) is 11.8 Å². The number of hydrogen-bond donors (Lipinski definition) is 1. The van der Waals surface area contributed by atoms with Gasteiger partial charge in [0.1, 0.15) is 0 Å². The second-order valence-electron chi connectivity index (χ2n) is 5.57. The molecule has 0 aromatic heterocycles. The molecule has 0 fully saturated rings. The third kappa shape index (κ3) is 5.88. The Balaban J connectivity index is 1.87. The van der Waals surface area contributed by atoms with Crippen molar-refractivity contribution in [2.45, 2.75) is 24.9 Å². The van der Waals surface area contributed by atoms with Crippen LogP contribution >= 0.6 is 27.7 Å². The van der Waals surface area contributed by atoms with E-state index in [-0.39, 0.29) is 11.7 Å². The molecule has 2 aromatic rings. The highest BCUT2D eigenvalue weighted by atomic mass is 79.9. The maximum absolute atomic E-state index is 12.5. The van der Waals surface area contributed by atoms with Crippen molar-refractivity contribution in [1.29, 1.82) is 0 Å². The summed E-state index contributed by atoms with van der Waals surface area (Å²) in [4.78, 5) is 12.9. The molecule has 0 bridgehead atoms. The second kappa shape index (κ2) is 8.73. The number of carbonyl (C=O) groups is 1. The molecule has 2 rings (SSSR count). The van der Waals surface area contributed by atoms with E-state index in [4.69, 9.17) is 0 Å². The zero-order valence-electron chi connectivity index (χ0n) is 14.0. The average Bonchev–Trinajstić information content (AvgIpc) is 2.56. The summed E-state index contributed by atoms with van der Waals surface area (Å²) in [6.45, 7) is 3.94. The SMILES string of the molecule is Cc1cc(SCC(=O)NN=Cc2ccc(C(F)(F)F)cc2)c(C)cc1Br. The van der Waals surface area contributed by atoms with Crippen LogP contribution in [0.25, 0.3) is 0 Å². The van der Waals surface area contributed by atoms with E-state index in [0.29, 0.717) is 5.56 Å². The van der Waals surface area contributed by atoms with E-state index in [1.54, 1.807) is 0 Å². The van der Waals surface area contributed by atoms with E-state index in [0.717, 1.165) is 32.6 Å². The van der Waals surface area contributed by atoms with Gasteiger partial charge in [-0.2, -0.15) is 18.3 Å². The number of nitrogens with one attached hydrogen (secondary N) is 1. The van der Waals surface area contributed by atoms with Gasteiger partial charge in [-0.05, 0) is 54.8 Å². The lowest BCUT2D eigenvalue weighted by Gasteiger charge is -2.08. The van der Waals surface area contributed by atoms with Gasteiger partial charge in [0.2, 0.25) is 5.91 Å². The summed E-state index contributed by atoms with van der Waals surface area (Å²) in [6, 6.07) is 8.53. The van der Waals surface area contributed by atoms with Crippen molar-refractivity contribution >= 4 is 39.8 Å². The highest BCUT2D eigenvalue weighted by Crippen LogP contribution is 2.29. The Morgan fingerprint density at radius 3 is 2.46 bits per heavy atom. The van der Waals surface area contributed by atoms with Crippen molar-refractivity contribution < 1.29 is 18.0 Å². The minimum absolute atomic E-state index is 0.187. The zero-order chi connectivity index (χ0) is 19.3. The Kier molecular flexibility index (Phi) is 6.88. The fraction of sp³-hybridized carbons (Fsp3) is 0.222. The number of alkyl halides is 3. The molecule has 8 heteroatoms. The molecule has 0 atom stereocenters. The quantitative estimate of drug-likeness (QED) is 0.384. The van der Waals surface area contributed by atoms with E-state index in [9.17, 15) is 18.0 Å². The Morgan fingerprint density at radius 1 is 1.19 bits per heavy atom. The van der Waals surface area contributed by atoms with Gasteiger partial charge in [0.25, 0.3) is 0 Å². The molecule has 0 unspecified atom stereocenters. The Bertz CT molecular complexity index is 820. The summed E-state index contributed by atoms with van der Waals surface area (Å²) in [5.41, 5.74) is 4.25. The fourth-order valence-corrected chi connectivity index (χ4v) is 3.38. The third-order valence-electron chi connectivity index (χ3n) is 3.46. The van der Waals surface area contributed by atoms with Crippen LogP contribution in [-0.4, -0.2) is 17.9 Å². The molecule has 0 aliphatic heterocycles. The van der Waals surface area contributed by atoms with Gasteiger partial charge >= 0.3 is 6.18 Å². The maximum Gasteiger partial charge on any atom is 0.416 e. The third-order valence-corrected chi connectivity index (χ3v) is 5.47. The van der Waals surface area contributed by atoms with E-state index in [1.165, 1.54) is 30.1 Å². The Morgan fingerprint density at radius 2 is 1.85 bits per heavy atom. The molecule has 2 aromatic carbocycles. The second-order valence-corrected chi connectivity index (χ2v) is 7.44. The Labute approximate surface area is 162 Å². The standard InChI is InChI=1S/C18H16BrF3N2OS/c1-11-8-16(12(2)7-15(11)19)26-10-17(25)24-23-9-13-3-5-14(6-4-13)18(20,21)22/h3-9H,10H2,1-2H3,(H,24,25). The highest BCUT2D eigenvalue weighted by molar-refractivity contribution is 9.10. The first-order valence-corrected chi connectivity index (χ1v) is 9.33. The summed E-state index contributed by atoms with van der Waals surface area (Å²) >= 11 is 4.86. The van der Waals surface area contributed by atoms with Crippen molar-refractivity contribution in [2.24, 2.45) is 5.10 Å². The summed E-state index contributed by atoms with van der Waals surface area (Å²) in [6.07, 6.45) is -3.07. The molecule has 3 nitrogen and oxygen atoms in total. The van der Waals surface area contributed by atoms with Crippen LogP contribution in [-0.2, 0) is 11.0 Å². The molecule has 0 saturated heterocycles. The first kappa shape index (κ1) is 20.5. The number of rotatable bonds is 5. The number of amides is 1. The van der Waals surface area contributed by atoms with E-state index >= 15 is 0 Å². The van der Waals surface area contributed by atoms with Gasteiger partial charge in [-0.25, -0.2) is 5.43 Å². The van der Waals surface area contributed by atoms with Crippen LogP contribution < -0.4 is 5.43 Å². The van der Waals surface area contributed by atoms with Crippen LogP contribution in [0.3, 0.4) is 0 Å². The highest BCUT2D eigenvalue weighted by Gasteiger charge is 2.29. The smallest absolute Gasteiger partial charge is 0.272 e. The molecule has 26 heavy (non-hydrogen) atoms. The van der Waals surface area contributed by atoms with E-state index in [2.05, 4.69) is 26.5 Å². The molecular weight excluding hydrogens is 429 g/mol. The number of benzene rings is 2. The first-order chi connectivity index (χ1) is 12.2. The molecule has 1 N–H and O–H groups in total. The lowest BCUT2D eigenvalue weighted by atomic mass is 10.1. The molecular formula is C18H16BrF3N2OS. The molecule has 0 spiro atoms. The number of thioether (sulfide) groups is 1. The van der Waals surface area contributed by atoms with Crippen molar-refractivity contribution in [1.82, 2.24) is 5.43 Å². The van der Waals surface area contributed by atoms with Crippen LogP contribution in [0, 0.1) is 13.8 Å². The number of carbonyl (C=O) groups excluding carboxylic acids is 1. The van der Waals surface area contributed by atoms with Gasteiger partial charge in [0.15, 0.2) is 0 Å². The number of hydrazone groups is 1. The van der Waals surface area contributed by atoms with Gasteiger partial charge in [-0.1, -0.05) is 28.1 Å². The minimum Gasteiger partial charge on any atom is -0.272 e. The monoisotopic (exact) mass is 444 g/mol. The Hall–Kier alpha value is -1.80. The van der Waals surface area contributed by atoms with Crippen molar-refractivity contribution in [3.63, 3.8) is 0 Å². The summed E-state index contributed by atoms with van der Waals surface area (Å²) in [5.74, 6) is -0.107. The number of halogens is 4. The largest absolute Gasteiger partial charge is 0.416 e. The predicted octanol–water partition coefficient (Wildman–Crippen LogP) is 5.33. The van der Waals surface area contributed by atoms with Crippen LogP contribution in [0.15, 0.2) is 50.9 Å². The molecule has 0 radical (unpaired) electrons. The van der Waals surface area contributed by atoms with Gasteiger partial charge in [-0.3, -0.25) is 4.79 Å². The molecule has 138 valence electrons. The van der Waals surface area contributed by atoms with Gasteiger partial charge in [0, 0.05) is 9.37 Å². The van der Waals surface area contributed by atoms with Crippen LogP contribution in [0.1, 0.15) is 22.3 Å². The first-order valence-electron chi connectivity index (χ1n) is 7.55. The average molecular weight is 445 g/mol. The molecule has 0 saturated carbocycles. The van der Waals surface area contributed by atoms with E-state index in [1.807, 2.05) is 26.0 Å². The maximum atomic E-state index is 12.5. The fourth-order valence-electron chi connectivity index (χ4n) is 2.02. The number of nitrogens with zero attached hydrogens (tertiary/aromatic N) is 1. The van der Waals surface area contributed by atoms with Crippen molar-refractivity contribution in [3.8, 4) is 0 Å². The zero-order valence-corrected chi connectivity index (χ0v) is 16.4. The van der Waals surface area contributed by atoms with Crippen molar-refractivity contribution in [2.75, 3.05) is 5.75 Å². The van der Waals surface area contributed by atoms with Gasteiger partial charge in [0.05, 0.1) is 17.5 Å². The summed E-state index contributed by atoms with van der Waals surface area (Å²) in [7, 11) is 0. The molecule has 0 aliphatic rings. The molecule has 0 heterocycles. The van der Waals surface area contributed by atoms with Crippen molar-refractivity contribution in [3.05, 3.63) is 63.1 Å². The lowest BCUT2D eigenvalue weighted by molar-refractivity contribution is -0.137. The summed E-state index contributed by atoms with van der Waals surface area (Å²) < 4.78 is 38.5. The molecule has 1 amide bonds. The summed E-state index contributed by atoms with van der Waals surface area (Å²) in [5, 5.41) is 3.77. The lowest BCUT2D eigenvalue weighted by Crippen LogP contribution is -2.19. The normalized spacial score (nSPS) is 11.8. The van der Waals surface area contributed by atoms with E-state index < -0.39 is 11.7 Å². The van der Waals surface area contributed by atoms with Crippen LogP contribution in [0.4, 0.5) is 13.2 Å². The van der Waals surface area contributed by atoms with Crippen LogP contribution in [0.2, 0.25) is 0 Å². The van der Waals surface area contributed by atoms with Crippen LogP contribution in [0.5, 0.6) is 0 Å². The van der Waals surface area contributed by atoms with Gasteiger partial charge < -0.3 is 0 Å². The predicted molar refractivity (Wildman–Crippen MR) is 102 cm³/mol.